The Balaban J connectivity index is 2.74. The number of aryl methyl sites for hydroxylation is 1. The molecule has 0 aliphatic rings. The van der Waals surface area contributed by atoms with Crippen molar-refractivity contribution in [1.82, 2.24) is 4.57 Å². The van der Waals surface area contributed by atoms with Gasteiger partial charge in [0, 0.05) is 18.6 Å². The zero-order valence-electron chi connectivity index (χ0n) is 9.37. The van der Waals surface area contributed by atoms with Crippen LogP contribution in [0, 0.1) is 5.82 Å². The predicted octanol–water partition coefficient (Wildman–Crippen LogP) is 3.27. The lowest BCUT2D eigenvalue weighted by Gasteiger charge is -2.02. The molecule has 0 spiro atoms. The molecular formula is C13H13FN2. The first-order valence-electron chi connectivity index (χ1n) is 5.04. The number of nitrogens with zero attached hydrogens (tertiary/aromatic N) is 2. The van der Waals surface area contributed by atoms with Crippen molar-refractivity contribution < 1.29 is 4.39 Å². The Morgan fingerprint density at radius 1 is 1.50 bits per heavy atom. The van der Waals surface area contributed by atoms with E-state index < -0.39 is 0 Å². The summed E-state index contributed by atoms with van der Waals surface area (Å²) in [6, 6.07) is 6.88. The summed E-state index contributed by atoms with van der Waals surface area (Å²) in [6.07, 6.45) is 1.49. The summed E-state index contributed by atoms with van der Waals surface area (Å²) in [4.78, 5) is 4.12. The Bertz CT molecular complexity index is 579. The van der Waals surface area contributed by atoms with Gasteiger partial charge in [-0.05, 0) is 25.1 Å². The monoisotopic (exact) mass is 216 g/mol. The summed E-state index contributed by atoms with van der Waals surface area (Å²) in [5, 5.41) is 0.624. The molecule has 2 rings (SSSR count). The highest BCUT2D eigenvalue weighted by Gasteiger charge is 2.10. The van der Waals surface area contributed by atoms with Crippen molar-refractivity contribution in [1.29, 1.82) is 0 Å². The number of rotatable bonds is 2. The smallest absolute Gasteiger partial charge is 0.132 e. The van der Waals surface area contributed by atoms with Gasteiger partial charge in [-0.2, -0.15) is 0 Å². The number of halogens is 1. The molecule has 1 heterocycles. The van der Waals surface area contributed by atoms with Crippen molar-refractivity contribution in [2.75, 3.05) is 0 Å². The molecule has 0 N–H and O–H groups in total. The maximum absolute atomic E-state index is 13.6. The van der Waals surface area contributed by atoms with Gasteiger partial charge in [0.1, 0.15) is 5.82 Å². The van der Waals surface area contributed by atoms with E-state index in [1.54, 1.807) is 6.07 Å². The van der Waals surface area contributed by atoms with E-state index in [-0.39, 0.29) is 5.82 Å². The lowest BCUT2D eigenvalue weighted by atomic mass is 10.2. The molecule has 2 nitrogen and oxygen atoms in total. The topological polar surface area (TPSA) is 17.3 Å². The van der Waals surface area contributed by atoms with Crippen LogP contribution in [0.3, 0.4) is 0 Å². The second kappa shape index (κ2) is 3.93. The lowest BCUT2D eigenvalue weighted by molar-refractivity contribution is 0.640. The average Bonchev–Trinajstić information content (AvgIpc) is 2.59. The second-order valence-corrected chi connectivity index (χ2v) is 3.66. The van der Waals surface area contributed by atoms with E-state index in [4.69, 9.17) is 0 Å². The van der Waals surface area contributed by atoms with Crippen LogP contribution in [-0.4, -0.2) is 10.3 Å². The third-order valence-corrected chi connectivity index (χ3v) is 2.69. The number of fused-ring (bicyclic) bond motifs is 1. The van der Waals surface area contributed by atoms with Crippen molar-refractivity contribution in [2.45, 2.75) is 6.92 Å². The summed E-state index contributed by atoms with van der Waals surface area (Å²) >= 11 is 0. The van der Waals surface area contributed by atoms with Crippen LogP contribution in [0.2, 0.25) is 0 Å². The molecule has 0 atom stereocenters. The van der Waals surface area contributed by atoms with Gasteiger partial charge < -0.3 is 4.57 Å². The van der Waals surface area contributed by atoms with Crippen LogP contribution in [0.15, 0.2) is 42.0 Å². The third kappa shape index (κ3) is 1.54. The predicted molar refractivity (Wildman–Crippen MR) is 65.3 cm³/mol. The molecule has 1 aromatic carbocycles. The van der Waals surface area contributed by atoms with E-state index in [1.165, 1.54) is 12.3 Å². The molecular weight excluding hydrogens is 203 g/mol. The molecule has 0 saturated heterocycles. The van der Waals surface area contributed by atoms with Gasteiger partial charge in [-0.25, -0.2) is 4.39 Å². The van der Waals surface area contributed by atoms with Crippen LogP contribution in [-0.2, 0) is 7.05 Å². The number of aliphatic imine (C=N–C) groups is 1. The lowest BCUT2D eigenvalue weighted by Crippen LogP contribution is -2.01. The molecule has 0 aliphatic heterocycles. The average molecular weight is 216 g/mol. The van der Waals surface area contributed by atoms with E-state index in [2.05, 4.69) is 11.6 Å². The minimum absolute atomic E-state index is 0.203. The first kappa shape index (κ1) is 10.6. The highest BCUT2D eigenvalue weighted by atomic mass is 19.1. The van der Waals surface area contributed by atoms with Crippen LogP contribution >= 0.6 is 0 Å². The summed E-state index contributed by atoms with van der Waals surface area (Å²) < 4.78 is 15.5. The van der Waals surface area contributed by atoms with Gasteiger partial charge in [-0.15, -0.1) is 0 Å². The van der Waals surface area contributed by atoms with Gasteiger partial charge in [-0.3, -0.25) is 4.99 Å². The Morgan fingerprint density at radius 3 is 2.88 bits per heavy atom. The Hall–Kier alpha value is -1.90. The maximum atomic E-state index is 13.6. The van der Waals surface area contributed by atoms with E-state index in [0.29, 0.717) is 5.39 Å². The zero-order chi connectivity index (χ0) is 11.7. The fourth-order valence-corrected chi connectivity index (χ4v) is 1.87. The first-order valence-corrected chi connectivity index (χ1v) is 5.04. The van der Waals surface area contributed by atoms with E-state index in [1.807, 2.05) is 30.7 Å². The number of aromatic nitrogens is 1. The third-order valence-electron chi connectivity index (χ3n) is 2.69. The molecule has 82 valence electrons. The fourth-order valence-electron chi connectivity index (χ4n) is 1.87. The summed E-state index contributed by atoms with van der Waals surface area (Å²) in [6.45, 7) is 5.44. The van der Waals surface area contributed by atoms with Gasteiger partial charge in [-0.1, -0.05) is 12.6 Å². The van der Waals surface area contributed by atoms with Crippen molar-refractivity contribution in [3.8, 4) is 0 Å². The summed E-state index contributed by atoms with van der Waals surface area (Å²) in [7, 11) is 1.90. The molecule has 0 unspecified atom stereocenters. The first-order chi connectivity index (χ1) is 7.65. The summed E-state index contributed by atoms with van der Waals surface area (Å²) in [5.41, 5.74) is 2.60. The minimum atomic E-state index is -0.203. The molecule has 0 saturated carbocycles. The van der Waals surface area contributed by atoms with E-state index >= 15 is 0 Å². The molecule has 1 aromatic heterocycles. The zero-order valence-corrected chi connectivity index (χ0v) is 9.37. The molecule has 0 bridgehead atoms. The quantitative estimate of drug-likeness (QED) is 0.685. The van der Waals surface area contributed by atoms with E-state index in [0.717, 1.165) is 16.9 Å². The van der Waals surface area contributed by atoms with Crippen LogP contribution in [0.1, 0.15) is 12.6 Å². The second-order valence-electron chi connectivity index (χ2n) is 3.66. The molecule has 16 heavy (non-hydrogen) atoms. The molecule has 0 fully saturated rings. The Kier molecular flexibility index (Phi) is 2.60. The van der Waals surface area contributed by atoms with Crippen molar-refractivity contribution in [2.24, 2.45) is 12.0 Å². The summed E-state index contributed by atoms with van der Waals surface area (Å²) in [5.74, 6) is -0.203. The van der Waals surface area contributed by atoms with Crippen LogP contribution < -0.4 is 0 Å². The van der Waals surface area contributed by atoms with Gasteiger partial charge >= 0.3 is 0 Å². The van der Waals surface area contributed by atoms with E-state index in [9.17, 15) is 4.39 Å². The van der Waals surface area contributed by atoms with Gasteiger partial charge in [0.05, 0.1) is 16.9 Å². The standard InChI is InChI=1S/C13H13FN2/c1-4-15-9(2)13-8-10-11(14)6-5-7-12(10)16(13)3/h4-8H,1H2,2-3H3. The van der Waals surface area contributed by atoms with Gasteiger partial charge in [0.2, 0.25) is 0 Å². The van der Waals surface area contributed by atoms with Crippen LogP contribution in [0.4, 0.5) is 4.39 Å². The normalized spacial score (nSPS) is 12.1. The van der Waals surface area contributed by atoms with Gasteiger partial charge in [0.25, 0.3) is 0 Å². The Morgan fingerprint density at radius 2 is 2.25 bits per heavy atom. The van der Waals surface area contributed by atoms with Crippen molar-refractivity contribution in [3.05, 3.63) is 48.6 Å². The number of hydrogen-bond acceptors (Lipinski definition) is 1. The molecule has 2 aromatic rings. The SMILES string of the molecule is C=CN=C(C)c1cc2c(F)cccc2n1C. The van der Waals surface area contributed by atoms with Crippen LogP contribution in [0.25, 0.3) is 10.9 Å². The maximum Gasteiger partial charge on any atom is 0.132 e. The minimum Gasteiger partial charge on any atom is -0.343 e. The highest BCUT2D eigenvalue weighted by Crippen LogP contribution is 2.21. The van der Waals surface area contributed by atoms with Crippen molar-refractivity contribution >= 4 is 16.6 Å². The Labute approximate surface area is 93.7 Å². The molecule has 0 aliphatic carbocycles. The molecule has 0 radical (unpaired) electrons. The van der Waals surface area contributed by atoms with Crippen LogP contribution in [0.5, 0.6) is 0 Å². The fraction of sp³-hybridized carbons (Fsp3) is 0.154. The number of hydrogen-bond donors (Lipinski definition) is 0. The highest BCUT2D eigenvalue weighted by molar-refractivity contribution is 6.02. The van der Waals surface area contributed by atoms with Crippen molar-refractivity contribution in [3.63, 3.8) is 0 Å². The van der Waals surface area contributed by atoms with Gasteiger partial charge in [0.15, 0.2) is 0 Å². The molecule has 3 heteroatoms. The largest absolute Gasteiger partial charge is 0.343 e. The number of benzene rings is 1. The molecule has 0 amide bonds.